The van der Waals surface area contributed by atoms with Crippen LogP contribution in [0.15, 0.2) is 47.1 Å². The van der Waals surface area contributed by atoms with Crippen LogP contribution in [0.2, 0.25) is 0 Å². The summed E-state index contributed by atoms with van der Waals surface area (Å²) in [5.74, 6) is -0.496. The zero-order valence-electron chi connectivity index (χ0n) is 13.0. The molecule has 0 radical (unpaired) electrons. The number of carbonyl (C=O) groups is 1. The number of esters is 1. The molecule has 2 rings (SSSR count). The maximum absolute atomic E-state index is 12.0. The highest BCUT2D eigenvalue weighted by Crippen LogP contribution is 2.39. The average Bonchev–Trinajstić information content (AvgIpc) is 2.50. The molecular weight excluding hydrogens is 282 g/mol. The first-order chi connectivity index (χ1) is 10.4. The predicted octanol–water partition coefficient (Wildman–Crippen LogP) is 3.39. The summed E-state index contributed by atoms with van der Waals surface area (Å²) in [5, 5.41) is 11.4. The highest BCUT2D eigenvalue weighted by atomic mass is 16.6. The normalized spacial score (nSPS) is 23.5. The molecule has 1 aromatic rings. The van der Waals surface area contributed by atoms with E-state index >= 15 is 0 Å². The Morgan fingerprint density at radius 1 is 1.32 bits per heavy atom. The molecule has 0 amide bonds. The molecule has 22 heavy (non-hydrogen) atoms. The Balaban J connectivity index is 2.53. The summed E-state index contributed by atoms with van der Waals surface area (Å²) >= 11 is 0. The summed E-state index contributed by atoms with van der Waals surface area (Å²) in [7, 11) is 1.29. The van der Waals surface area contributed by atoms with E-state index in [9.17, 15) is 14.9 Å². The number of methoxy groups -OCH3 is 1. The third-order valence-electron chi connectivity index (χ3n) is 4.08. The molecule has 5 heteroatoms. The van der Waals surface area contributed by atoms with E-state index in [-0.39, 0.29) is 11.3 Å². The Morgan fingerprint density at radius 2 is 1.95 bits per heavy atom. The van der Waals surface area contributed by atoms with Crippen molar-refractivity contribution in [1.29, 1.82) is 0 Å². The fourth-order valence-electron chi connectivity index (χ4n) is 2.70. The quantitative estimate of drug-likeness (QED) is 0.487. The minimum atomic E-state index is -1.19. The van der Waals surface area contributed by atoms with Crippen LogP contribution in [0.25, 0.3) is 6.08 Å². The fraction of sp³-hybridized carbons (Fsp3) is 0.353. The number of nitrogens with zero attached hydrogens (tertiary/aromatic N) is 1. The van der Waals surface area contributed by atoms with E-state index in [0.717, 1.165) is 16.7 Å². The number of ether oxygens (including phenoxy) is 1. The lowest BCUT2D eigenvalue weighted by atomic mass is 9.76. The number of rotatable bonds is 3. The van der Waals surface area contributed by atoms with E-state index < -0.39 is 11.5 Å². The van der Waals surface area contributed by atoms with Crippen LogP contribution in [0.3, 0.4) is 0 Å². The van der Waals surface area contributed by atoms with Gasteiger partial charge in [0.15, 0.2) is 0 Å². The number of hydrogen-bond donors (Lipinski definition) is 0. The number of carbonyl (C=O) groups excluding carboxylic acids is 1. The van der Waals surface area contributed by atoms with Gasteiger partial charge in [-0.25, -0.2) is 4.79 Å². The summed E-state index contributed by atoms with van der Waals surface area (Å²) in [4.78, 5) is 23.1. The van der Waals surface area contributed by atoms with Crippen LogP contribution in [-0.4, -0.2) is 23.5 Å². The average molecular weight is 301 g/mol. The number of benzene rings is 1. The molecule has 0 spiro atoms. The van der Waals surface area contributed by atoms with Crippen molar-refractivity contribution in [3.05, 3.63) is 62.7 Å². The van der Waals surface area contributed by atoms with Crippen molar-refractivity contribution in [2.75, 3.05) is 7.11 Å². The van der Waals surface area contributed by atoms with Crippen molar-refractivity contribution < 1.29 is 14.5 Å². The summed E-state index contributed by atoms with van der Waals surface area (Å²) < 4.78 is 4.79. The lowest BCUT2D eigenvalue weighted by Gasteiger charge is -2.29. The molecule has 0 bridgehead atoms. The van der Waals surface area contributed by atoms with E-state index in [1.54, 1.807) is 6.92 Å². The van der Waals surface area contributed by atoms with E-state index in [1.807, 2.05) is 43.3 Å². The van der Waals surface area contributed by atoms with Crippen LogP contribution < -0.4 is 0 Å². The SMILES string of the molecule is COC(=O)C1=C(C)/C(=C/c2ccccc2)CC(C)([N+](=O)[O-])C1. The Hall–Kier alpha value is -2.43. The molecule has 0 fully saturated rings. The van der Waals surface area contributed by atoms with Gasteiger partial charge >= 0.3 is 5.97 Å². The first-order valence-electron chi connectivity index (χ1n) is 7.06. The third kappa shape index (κ3) is 3.08. The van der Waals surface area contributed by atoms with Crippen LogP contribution >= 0.6 is 0 Å². The predicted molar refractivity (Wildman–Crippen MR) is 83.8 cm³/mol. The van der Waals surface area contributed by atoms with Gasteiger partial charge in [-0.3, -0.25) is 10.1 Å². The molecule has 0 aromatic heterocycles. The molecule has 0 saturated carbocycles. The molecule has 1 unspecified atom stereocenters. The van der Waals surface area contributed by atoms with Gasteiger partial charge in [0.1, 0.15) is 0 Å². The van der Waals surface area contributed by atoms with Gasteiger partial charge in [-0.15, -0.1) is 0 Å². The van der Waals surface area contributed by atoms with Crippen LogP contribution in [0.1, 0.15) is 32.3 Å². The Labute approximate surface area is 129 Å². The molecule has 0 saturated heterocycles. The molecule has 116 valence electrons. The minimum Gasteiger partial charge on any atom is -0.466 e. The summed E-state index contributed by atoms with van der Waals surface area (Å²) in [6.07, 6.45) is 2.28. The van der Waals surface area contributed by atoms with E-state index in [2.05, 4.69) is 0 Å². The molecule has 0 N–H and O–H groups in total. The Morgan fingerprint density at radius 3 is 2.50 bits per heavy atom. The van der Waals surface area contributed by atoms with Crippen LogP contribution in [0, 0.1) is 10.1 Å². The van der Waals surface area contributed by atoms with Gasteiger partial charge < -0.3 is 4.74 Å². The van der Waals surface area contributed by atoms with Crippen molar-refractivity contribution in [2.45, 2.75) is 32.2 Å². The van der Waals surface area contributed by atoms with Crippen LogP contribution in [-0.2, 0) is 9.53 Å². The molecule has 1 aliphatic rings. The molecule has 1 aliphatic carbocycles. The summed E-state index contributed by atoms with van der Waals surface area (Å²) in [6, 6.07) is 9.57. The molecule has 1 atom stereocenters. The zero-order chi connectivity index (χ0) is 16.3. The Bertz CT molecular complexity index is 660. The summed E-state index contributed by atoms with van der Waals surface area (Å²) in [5.41, 5.74) is 1.72. The highest BCUT2D eigenvalue weighted by molar-refractivity contribution is 5.91. The third-order valence-corrected chi connectivity index (χ3v) is 4.08. The lowest BCUT2D eigenvalue weighted by Crippen LogP contribution is -2.39. The lowest BCUT2D eigenvalue weighted by molar-refractivity contribution is -0.564. The standard InChI is InChI=1S/C17H19NO4/c1-12-14(9-13-7-5-4-6-8-13)10-17(2,18(20)21)11-15(12)16(19)22-3/h4-9H,10-11H2,1-3H3/b14-9+. The van der Waals surface area contributed by atoms with E-state index in [1.165, 1.54) is 7.11 Å². The monoisotopic (exact) mass is 301 g/mol. The Kier molecular flexibility index (Phi) is 4.45. The van der Waals surface area contributed by atoms with Crippen molar-refractivity contribution in [2.24, 2.45) is 0 Å². The second-order valence-corrected chi connectivity index (χ2v) is 5.78. The second-order valence-electron chi connectivity index (χ2n) is 5.78. The van der Waals surface area contributed by atoms with Gasteiger partial charge in [-0.05, 0) is 23.6 Å². The minimum absolute atomic E-state index is 0.0879. The number of nitro groups is 1. The van der Waals surface area contributed by atoms with Crippen LogP contribution in [0.4, 0.5) is 0 Å². The van der Waals surface area contributed by atoms with Crippen molar-refractivity contribution in [3.63, 3.8) is 0 Å². The second kappa shape index (κ2) is 6.13. The number of hydrogen-bond acceptors (Lipinski definition) is 4. The van der Waals surface area contributed by atoms with Crippen LogP contribution in [0.5, 0.6) is 0 Å². The highest BCUT2D eigenvalue weighted by Gasteiger charge is 2.44. The summed E-state index contributed by atoms with van der Waals surface area (Å²) in [6.45, 7) is 3.39. The van der Waals surface area contributed by atoms with Gasteiger partial charge in [-0.2, -0.15) is 0 Å². The van der Waals surface area contributed by atoms with Gasteiger partial charge in [-0.1, -0.05) is 36.4 Å². The first kappa shape index (κ1) is 15.9. The van der Waals surface area contributed by atoms with Gasteiger partial charge in [0.2, 0.25) is 5.54 Å². The molecule has 0 heterocycles. The van der Waals surface area contributed by atoms with Crippen molar-refractivity contribution in [1.82, 2.24) is 0 Å². The largest absolute Gasteiger partial charge is 0.466 e. The molecule has 5 nitrogen and oxygen atoms in total. The van der Waals surface area contributed by atoms with Crippen molar-refractivity contribution in [3.8, 4) is 0 Å². The first-order valence-corrected chi connectivity index (χ1v) is 7.06. The molecule has 0 aliphatic heterocycles. The molecule has 1 aromatic carbocycles. The smallest absolute Gasteiger partial charge is 0.334 e. The fourth-order valence-corrected chi connectivity index (χ4v) is 2.70. The van der Waals surface area contributed by atoms with E-state index in [4.69, 9.17) is 4.74 Å². The zero-order valence-corrected chi connectivity index (χ0v) is 13.0. The van der Waals surface area contributed by atoms with Gasteiger partial charge in [0, 0.05) is 23.8 Å². The molecular formula is C17H19NO4. The maximum Gasteiger partial charge on any atom is 0.334 e. The van der Waals surface area contributed by atoms with Crippen molar-refractivity contribution >= 4 is 12.0 Å². The maximum atomic E-state index is 12.0. The topological polar surface area (TPSA) is 69.4 Å². The van der Waals surface area contributed by atoms with Gasteiger partial charge in [0.25, 0.3) is 0 Å². The van der Waals surface area contributed by atoms with E-state index in [0.29, 0.717) is 12.0 Å². The number of allylic oxidation sites excluding steroid dienone is 1. The van der Waals surface area contributed by atoms with Gasteiger partial charge in [0.05, 0.1) is 13.5 Å².